The number of benzene rings is 2. The van der Waals surface area contributed by atoms with Crippen molar-refractivity contribution in [3.05, 3.63) is 53.6 Å². The summed E-state index contributed by atoms with van der Waals surface area (Å²) in [6, 6.07) is 12.6. The van der Waals surface area contributed by atoms with Gasteiger partial charge < -0.3 is 18.9 Å². The first-order chi connectivity index (χ1) is 16.4. The molecule has 0 N–H and O–H groups in total. The SMILES string of the molecule is [2H]C([2H])([2H])Oc1cc(/C=C/c2ccc(OC)cc2)cc(OCCCC(C)(C)C(=O)OCC(C)C)c1. The highest BCUT2D eigenvalue weighted by Gasteiger charge is 2.29. The van der Waals surface area contributed by atoms with Crippen LogP contribution in [0.25, 0.3) is 12.2 Å². The number of hydrogen-bond donors (Lipinski definition) is 0. The molecule has 0 saturated carbocycles. The van der Waals surface area contributed by atoms with Crippen molar-refractivity contribution in [1.29, 1.82) is 0 Å². The van der Waals surface area contributed by atoms with Gasteiger partial charge in [0.15, 0.2) is 0 Å². The molecule has 2 aromatic carbocycles. The number of rotatable bonds is 12. The zero-order chi connectivity index (χ0) is 26.1. The van der Waals surface area contributed by atoms with E-state index in [2.05, 4.69) is 0 Å². The Bertz CT molecular complexity index is 979. The molecule has 0 aliphatic heterocycles. The molecule has 0 aliphatic rings. The van der Waals surface area contributed by atoms with Crippen LogP contribution >= 0.6 is 0 Å². The standard InChI is InChI=1S/C27H36O5/c1-20(2)19-32-26(28)27(3,4)14-7-15-31-25-17-22(16-24(18-25)30-6)9-8-21-10-12-23(29-5)13-11-21/h8-13,16-18,20H,7,14-15,19H2,1-6H3/b9-8+/i6D3. The van der Waals surface area contributed by atoms with Crippen molar-refractivity contribution in [3.8, 4) is 17.2 Å². The van der Waals surface area contributed by atoms with Gasteiger partial charge in [0.2, 0.25) is 0 Å². The van der Waals surface area contributed by atoms with Gasteiger partial charge in [0.25, 0.3) is 0 Å². The molecule has 0 atom stereocenters. The molecule has 0 spiro atoms. The van der Waals surface area contributed by atoms with Crippen molar-refractivity contribution >= 4 is 18.1 Å². The Balaban J connectivity index is 2.06. The topological polar surface area (TPSA) is 54.0 Å². The monoisotopic (exact) mass is 443 g/mol. The van der Waals surface area contributed by atoms with Gasteiger partial charge in [-0.2, -0.15) is 0 Å². The van der Waals surface area contributed by atoms with Crippen LogP contribution in [-0.2, 0) is 9.53 Å². The van der Waals surface area contributed by atoms with Gasteiger partial charge in [0.1, 0.15) is 17.2 Å². The van der Waals surface area contributed by atoms with Crippen LogP contribution in [0.5, 0.6) is 17.2 Å². The summed E-state index contributed by atoms with van der Waals surface area (Å²) in [5.41, 5.74) is 1.08. The summed E-state index contributed by atoms with van der Waals surface area (Å²) in [7, 11) is -0.960. The van der Waals surface area contributed by atoms with E-state index in [0.717, 1.165) is 16.9 Å². The molecule has 0 saturated heterocycles. The van der Waals surface area contributed by atoms with Gasteiger partial charge in [-0.25, -0.2) is 0 Å². The normalized spacial score (nSPS) is 13.4. The van der Waals surface area contributed by atoms with Crippen molar-refractivity contribution in [2.24, 2.45) is 11.3 Å². The number of carbonyl (C=O) groups is 1. The third kappa shape index (κ3) is 8.29. The second-order valence-corrected chi connectivity index (χ2v) is 8.77. The first kappa shape index (κ1) is 20.9. The molecule has 0 amide bonds. The Labute approximate surface area is 196 Å². The van der Waals surface area contributed by atoms with Crippen molar-refractivity contribution in [1.82, 2.24) is 0 Å². The van der Waals surface area contributed by atoms with Gasteiger partial charge in [-0.3, -0.25) is 4.79 Å². The lowest BCUT2D eigenvalue weighted by molar-refractivity contribution is -0.155. The van der Waals surface area contributed by atoms with E-state index < -0.39 is 12.5 Å². The van der Waals surface area contributed by atoms with Crippen LogP contribution in [0.1, 0.15) is 55.8 Å². The zero-order valence-electron chi connectivity index (χ0n) is 22.6. The van der Waals surface area contributed by atoms with Crippen LogP contribution in [0.4, 0.5) is 0 Å². The Kier molecular flexibility index (Phi) is 7.96. The van der Waals surface area contributed by atoms with Crippen LogP contribution in [-0.4, -0.2) is 33.3 Å². The first-order valence-corrected chi connectivity index (χ1v) is 10.8. The molecule has 32 heavy (non-hydrogen) atoms. The smallest absolute Gasteiger partial charge is 0.311 e. The molecule has 2 aromatic rings. The Morgan fingerprint density at radius 1 is 1.00 bits per heavy atom. The van der Waals surface area contributed by atoms with E-state index in [1.807, 2.05) is 70.2 Å². The number of esters is 1. The number of methoxy groups -OCH3 is 2. The molecular formula is C27H36O5. The lowest BCUT2D eigenvalue weighted by atomic mass is 9.88. The Morgan fingerprint density at radius 3 is 2.34 bits per heavy atom. The molecule has 0 fully saturated rings. The van der Waals surface area contributed by atoms with Crippen molar-refractivity contribution < 1.29 is 27.9 Å². The zero-order valence-corrected chi connectivity index (χ0v) is 19.6. The molecule has 0 heterocycles. The van der Waals surface area contributed by atoms with Crippen molar-refractivity contribution in [3.63, 3.8) is 0 Å². The van der Waals surface area contributed by atoms with Gasteiger partial charge in [0, 0.05) is 6.07 Å². The highest BCUT2D eigenvalue weighted by atomic mass is 16.5. The first-order valence-electron chi connectivity index (χ1n) is 12.3. The fourth-order valence-electron chi connectivity index (χ4n) is 2.98. The largest absolute Gasteiger partial charge is 0.497 e. The summed E-state index contributed by atoms with van der Waals surface area (Å²) in [6.07, 6.45) is 4.99. The Morgan fingerprint density at radius 2 is 1.69 bits per heavy atom. The minimum atomic E-state index is -2.57. The summed E-state index contributed by atoms with van der Waals surface area (Å²) in [4.78, 5) is 12.3. The van der Waals surface area contributed by atoms with E-state index in [1.54, 1.807) is 19.2 Å². The fraction of sp³-hybridized carbons (Fsp3) is 0.444. The lowest BCUT2D eigenvalue weighted by Gasteiger charge is -2.23. The molecule has 0 aromatic heterocycles. The van der Waals surface area contributed by atoms with E-state index in [1.165, 1.54) is 0 Å². The highest BCUT2D eigenvalue weighted by Crippen LogP contribution is 2.27. The molecule has 0 radical (unpaired) electrons. The third-order valence-electron chi connectivity index (χ3n) is 4.92. The van der Waals surface area contributed by atoms with Crippen molar-refractivity contribution in [2.45, 2.75) is 40.5 Å². The summed E-state index contributed by atoms with van der Waals surface area (Å²) in [6.45, 7) is 8.49. The number of hydrogen-bond acceptors (Lipinski definition) is 5. The maximum Gasteiger partial charge on any atom is 0.311 e. The quantitative estimate of drug-likeness (QED) is 0.220. The average Bonchev–Trinajstić information content (AvgIpc) is 2.78. The van der Waals surface area contributed by atoms with Crippen LogP contribution in [0.15, 0.2) is 42.5 Å². The number of ether oxygens (including phenoxy) is 4. The minimum absolute atomic E-state index is 0.189. The summed E-state index contributed by atoms with van der Waals surface area (Å²) >= 11 is 0. The highest BCUT2D eigenvalue weighted by molar-refractivity contribution is 5.75. The maximum absolute atomic E-state index is 12.3. The van der Waals surface area contributed by atoms with E-state index in [9.17, 15) is 4.79 Å². The van der Waals surface area contributed by atoms with Gasteiger partial charge in [-0.1, -0.05) is 38.1 Å². The van der Waals surface area contributed by atoms with Gasteiger partial charge in [0.05, 0.1) is 36.9 Å². The van der Waals surface area contributed by atoms with E-state index in [-0.39, 0.29) is 17.6 Å². The summed E-state index contributed by atoms with van der Waals surface area (Å²) < 4.78 is 43.8. The van der Waals surface area contributed by atoms with Crippen LogP contribution in [0.2, 0.25) is 0 Å². The predicted molar refractivity (Wildman–Crippen MR) is 129 cm³/mol. The van der Waals surface area contributed by atoms with Crippen LogP contribution in [0, 0.1) is 11.3 Å². The van der Waals surface area contributed by atoms with E-state index >= 15 is 0 Å². The molecular weight excluding hydrogens is 404 g/mol. The molecule has 5 heteroatoms. The Hall–Kier alpha value is -2.95. The molecule has 0 aliphatic carbocycles. The van der Waals surface area contributed by atoms with Crippen molar-refractivity contribution in [2.75, 3.05) is 27.4 Å². The molecule has 0 bridgehead atoms. The van der Waals surface area contributed by atoms with E-state index in [4.69, 9.17) is 23.1 Å². The molecule has 174 valence electrons. The van der Waals surface area contributed by atoms with Crippen LogP contribution < -0.4 is 14.2 Å². The lowest BCUT2D eigenvalue weighted by Crippen LogP contribution is -2.28. The second-order valence-electron chi connectivity index (χ2n) is 8.77. The molecule has 0 unspecified atom stereocenters. The second kappa shape index (κ2) is 12.2. The minimum Gasteiger partial charge on any atom is -0.497 e. The fourth-order valence-corrected chi connectivity index (χ4v) is 2.98. The summed E-state index contributed by atoms with van der Waals surface area (Å²) in [5, 5.41) is 0. The van der Waals surface area contributed by atoms with Crippen LogP contribution in [0.3, 0.4) is 0 Å². The molecule has 2 rings (SSSR count). The molecule has 5 nitrogen and oxygen atoms in total. The average molecular weight is 444 g/mol. The predicted octanol–water partition coefficient (Wildman–Crippen LogP) is 6.26. The van der Waals surface area contributed by atoms with Gasteiger partial charge in [-0.05, 0) is 68.0 Å². The van der Waals surface area contributed by atoms with E-state index in [0.29, 0.717) is 31.8 Å². The maximum atomic E-state index is 12.3. The summed E-state index contributed by atoms with van der Waals surface area (Å²) in [5.74, 6) is 1.51. The van der Waals surface area contributed by atoms with Gasteiger partial charge >= 0.3 is 5.97 Å². The van der Waals surface area contributed by atoms with Gasteiger partial charge in [-0.15, -0.1) is 0 Å². The number of carbonyl (C=O) groups excluding carboxylic acids is 1. The third-order valence-corrected chi connectivity index (χ3v) is 4.92.